The third kappa shape index (κ3) is 5.45. The monoisotopic (exact) mass is 618 g/mol. The normalized spacial score (nSPS) is 13.3. The summed E-state index contributed by atoms with van der Waals surface area (Å²) in [6, 6.07) is 0. The van der Waals surface area contributed by atoms with Crippen LogP contribution in [0.5, 0.6) is 0 Å². The first-order valence-electron chi connectivity index (χ1n) is 8.46. The van der Waals surface area contributed by atoms with Crippen molar-refractivity contribution in [3.05, 3.63) is 58.2 Å². The van der Waals surface area contributed by atoms with Crippen LogP contribution in [0.15, 0.2) is 0 Å². The van der Waals surface area contributed by atoms with E-state index >= 15 is 0 Å². The Morgan fingerprint density at radius 3 is 0.842 bits per heavy atom. The van der Waals surface area contributed by atoms with Gasteiger partial charge in [-0.25, -0.2) is 48.3 Å². The molecule has 0 N–H and O–H groups in total. The number of rotatable bonds is 5. The summed E-state index contributed by atoms with van der Waals surface area (Å²) >= 11 is 0. The van der Waals surface area contributed by atoms with Gasteiger partial charge in [-0.3, -0.25) is 0 Å². The summed E-state index contributed by atoms with van der Waals surface area (Å²) in [5.74, 6) is -40.3. The molecule has 0 aliphatic rings. The van der Waals surface area contributed by atoms with Gasteiger partial charge in [0.05, 0.1) is 11.1 Å². The van der Waals surface area contributed by atoms with Crippen molar-refractivity contribution in [1.82, 2.24) is 0 Å². The molecular formula is C17H3F20P. The smallest absolute Gasteiger partial charge is 0.246 e. The van der Waals surface area contributed by atoms with Crippen LogP contribution < -0.4 is 0 Å². The molecule has 0 aromatic heterocycles. The Hall–Kier alpha value is -2.53. The summed E-state index contributed by atoms with van der Waals surface area (Å²) in [4.78, 5) is 0. The second kappa shape index (κ2) is 10.9. The fourth-order valence-electron chi connectivity index (χ4n) is 2.22. The molecule has 0 spiro atoms. The predicted molar refractivity (Wildman–Crippen MR) is 86.6 cm³/mol. The topological polar surface area (TPSA) is 0 Å². The van der Waals surface area contributed by atoms with Gasteiger partial charge in [0.2, 0.25) is 11.6 Å². The number of hydrogen-bond donors (Lipinski definition) is 0. The molecule has 2 aromatic carbocycles. The van der Waals surface area contributed by atoms with Crippen LogP contribution in [-0.4, -0.2) is 30.1 Å². The molecular weight excluding hydrogens is 615 g/mol. The maximum atomic E-state index is 13.4. The molecule has 0 fully saturated rings. The van der Waals surface area contributed by atoms with E-state index in [-0.39, 0.29) is 0 Å². The molecule has 0 aliphatic heterocycles. The number of halogens is 20. The average Bonchev–Trinajstić information content (AvgIpc) is 2.80. The van der Waals surface area contributed by atoms with Crippen molar-refractivity contribution >= 4 is 8.58 Å². The van der Waals surface area contributed by atoms with Crippen molar-refractivity contribution in [2.45, 2.75) is 23.7 Å². The molecule has 0 amide bonds. The van der Waals surface area contributed by atoms with Gasteiger partial charge >= 0.3 is 23.7 Å². The van der Waals surface area contributed by atoms with E-state index < -0.39 is 108 Å². The maximum absolute atomic E-state index is 13.4. The van der Waals surface area contributed by atoms with Gasteiger partial charge in [-0.05, 0) is 8.58 Å². The van der Waals surface area contributed by atoms with Crippen LogP contribution in [0.25, 0.3) is 11.1 Å². The quantitative estimate of drug-likeness (QED) is 0.136. The number of alkyl halides is 10. The minimum atomic E-state index is -6.92. The highest BCUT2D eigenvalue weighted by Gasteiger charge is 2.81. The molecule has 21 heteroatoms. The highest BCUT2D eigenvalue weighted by atomic mass is 31.1. The van der Waals surface area contributed by atoms with Gasteiger partial charge in [-0.2, -0.15) is 39.5 Å². The molecule has 0 bridgehead atoms. The average molecular weight is 618 g/mol. The Morgan fingerprint density at radius 2 is 0.632 bits per heavy atom. The van der Waals surface area contributed by atoms with Crippen molar-refractivity contribution in [3.63, 3.8) is 0 Å². The van der Waals surface area contributed by atoms with E-state index in [2.05, 4.69) is 0 Å². The molecule has 0 radical (unpaired) electrons. The molecule has 2 rings (SSSR count). The van der Waals surface area contributed by atoms with E-state index in [1.807, 2.05) is 0 Å². The number of benzene rings is 2. The summed E-state index contributed by atoms with van der Waals surface area (Å²) in [6.07, 6.45) is -8.97. The van der Waals surface area contributed by atoms with Crippen molar-refractivity contribution in [3.8, 4) is 11.1 Å². The Balaban J connectivity index is 0.000000403. The molecule has 1 unspecified atom stereocenters. The summed E-state index contributed by atoms with van der Waals surface area (Å²) in [5.41, 5.74) is -10.3. The van der Waals surface area contributed by atoms with Gasteiger partial charge in [0.25, 0.3) is 0 Å². The standard InChI is InChI=1S/C12F10.C5H3F10P/c13-3-1(4(14)8(18)11(21)7(3)17)2-5(15)9(19)12(22)10(20)6(2)16;6-1-16-5(14,15)3(9,10)2(7,8)4(11,12)13/h;16H,1H2. The lowest BCUT2D eigenvalue weighted by Crippen LogP contribution is -2.59. The summed E-state index contributed by atoms with van der Waals surface area (Å²) in [7, 11) is -2.68. The van der Waals surface area contributed by atoms with E-state index in [1.165, 1.54) is 0 Å². The van der Waals surface area contributed by atoms with Crippen LogP contribution in [0, 0.1) is 58.2 Å². The zero-order chi connectivity index (χ0) is 30.3. The second-order valence-corrected chi connectivity index (χ2v) is 7.67. The second-order valence-electron chi connectivity index (χ2n) is 6.42. The van der Waals surface area contributed by atoms with Crippen molar-refractivity contribution in [2.75, 3.05) is 6.42 Å². The molecule has 0 aliphatic carbocycles. The fraction of sp³-hybridized carbons (Fsp3) is 0.294. The van der Waals surface area contributed by atoms with Crippen LogP contribution in [-0.2, 0) is 0 Å². The van der Waals surface area contributed by atoms with Crippen LogP contribution in [0.1, 0.15) is 0 Å². The van der Waals surface area contributed by atoms with Gasteiger partial charge in [-0.15, -0.1) is 0 Å². The van der Waals surface area contributed by atoms with E-state index in [9.17, 15) is 87.8 Å². The summed E-state index contributed by atoms with van der Waals surface area (Å²) in [5, 5.41) is 0. The van der Waals surface area contributed by atoms with Gasteiger partial charge in [-0.1, -0.05) is 0 Å². The lowest BCUT2D eigenvalue weighted by atomic mass is 10.0. The van der Waals surface area contributed by atoms with E-state index in [0.717, 1.165) is 0 Å². The van der Waals surface area contributed by atoms with Gasteiger partial charge in [0, 0.05) is 0 Å². The molecule has 0 heterocycles. The molecule has 2 aromatic rings. The summed E-state index contributed by atoms with van der Waals surface area (Å²) < 4.78 is 250. The SMILES string of the molecule is FCPC(F)(F)C(F)(F)C(F)(F)C(F)(F)F.Fc1c(F)c(F)c(-c2c(F)c(F)c(F)c(F)c2F)c(F)c1F. The van der Waals surface area contributed by atoms with Gasteiger partial charge in [0.1, 0.15) is 6.42 Å². The fourth-order valence-corrected chi connectivity index (χ4v) is 2.77. The lowest BCUT2D eigenvalue weighted by Gasteiger charge is -2.33. The predicted octanol–water partition coefficient (Wildman–Crippen LogP) is 8.76. The molecule has 1 atom stereocenters. The van der Waals surface area contributed by atoms with Crippen LogP contribution in [0.3, 0.4) is 0 Å². The zero-order valence-electron chi connectivity index (χ0n) is 16.8. The van der Waals surface area contributed by atoms with E-state index in [4.69, 9.17) is 0 Å². The Labute approximate surface area is 197 Å². The van der Waals surface area contributed by atoms with Crippen molar-refractivity contribution < 1.29 is 87.8 Å². The van der Waals surface area contributed by atoms with Crippen LogP contribution in [0.4, 0.5) is 87.8 Å². The molecule has 38 heavy (non-hydrogen) atoms. The molecule has 216 valence electrons. The van der Waals surface area contributed by atoms with Crippen molar-refractivity contribution in [1.29, 1.82) is 0 Å². The Kier molecular flexibility index (Phi) is 9.62. The van der Waals surface area contributed by atoms with E-state index in [0.29, 0.717) is 0 Å². The van der Waals surface area contributed by atoms with Crippen molar-refractivity contribution in [2.24, 2.45) is 0 Å². The highest BCUT2D eigenvalue weighted by molar-refractivity contribution is 7.39. The van der Waals surface area contributed by atoms with Gasteiger partial charge in [0.15, 0.2) is 46.5 Å². The minimum absolute atomic E-state index is 2.13. The Morgan fingerprint density at radius 1 is 0.395 bits per heavy atom. The minimum Gasteiger partial charge on any atom is -0.246 e. The molecule has 0 saturated heterocycles. The zero-order valence-corrected chi connectivity index (χ0v) is 17.8. The van der Waals surface area contributed by atoms with Gasteiger partial charge < -0.3 is 0 Å². The highest BCUT2D eigenvalue weighted by Crippen LogP contribution is 2.58. The molecule has 0 saturated carbocycles. The lowest BCUT2D eigenvalue weighted by molar-refractivity contribution is -0.381. The number of hydrogen-bond acceptors (Lipinski definition) is 0. The third-order valence-electron chi connectivity index (χ3n) is 4.10. The first kappa shape index (κ1) is 33.5. The summed E-state index contributed by atoms with van der Waals surface area (Å²) in [6.45, 7) is 0. The van der Waals surface area contributed by atoms with E-state index in [1.54, 1.807) is 0 Å². The largest absolute Gasteiger partial charge is 0.460 e. The van der Waals surface area contributed by atoms with Crippen LogP contribution >= 0.6 is 8.58 Å². The maximum Gasteiger partial charge on any atom is 0.460 e. The Bertz CT molecular complexity index is 1070. The first-order chi connectivity index (χ1) is 16.9. The molecule has 0 nitrogen and oxygen atoms in total. The third-order valence-corrected chi connectivity index (χ3v) is 4.99. The first-order valence-corrected chi connectivity index (χ1v) is 9.67. The van der Waals surface area contributed by atoms with Crippen LogP contribution in [0.2, 0.25) is 0 Å².